The molecule has 0 aliphatic heterocycles. The predicted molar refractivity (Wildman–Crippen MR) is 70.4 cm³/mol. The Morgan fingerprint density at radius 2 is 2.00 bits per heavy atom. The number of aromatic hydroxyl groups is 1. The Balaban J connectivity index is 2.07. The van der Waals surface area contributed by atoms with Gasteiger partial charge < -0.3 is 10.1 Å². The van der Waals surface area contributed by atoms with Crippen molar-refractivity contribution in [2.45, 2.75) is 19.8 Å². The van der Waals surface area contributed by atoms with Crippen molar-refractivity contribution in [3.05, 3.63) is 57.8 Å². The summed E-state index contributed by atoms with van der Waals surface area (Å²) in [5.41, 5.74) is 1.32. The van der Waals surface area contributed by atoms with Crippen molar-refractivity contribution < 1.29 is 9.90 Å². The van der Waals surface area contributed by atoms with Crippen LogP contribution in [0.25, 0.3) is 0 Å². The van der Waals surface area contributed by atoms with Crippen LogP contribution in [0.3, 0.4) is 0 Å². The molecule has 0 fully saturated rings. The smallest absolute Gasteiger partial charge is 0.293 e. The number of carbonyl (C=O) groups is 1. The second-order valence-electron chi connectivity index (χ2n) is 4.34. The molecular formula is C14H14N2O3. The van der Waals surface area contributed by atoms with Crippen LogP contribution in [0.2, 0.25) is 0 Å². The normalized spacial score (nSPS) is 10.4. The average Bonchev–Trinajstić information content (AvgIpc) is 2.41. The van der Waals surface area contributed by atoms with Crippen LogP contribution in [0.5, 0.6) is 5.75 Å². The summed E-state index contributed by atoms with van der Waals surface area (Å²) in [6, 6.07) is 7.85. The number of nitrogens with one attached hydrogen (secondary N) is 1. The summed E-state index contributed by atoms with van der Waals surface area (Å²) in [4.78, 5) is 29.0. The predicted octanol–water partition coefficient (Wildman–Crippen LogP) is 1.60. The van der Waals surface area contributed by atoms with Gasteiger partial charge in [-0.15, -0.1) is 0 Å². The number of hydrogen-bond donors (Lipinski definition) is 2. The maximum absolute atomic E-state index is 11.9. The van der Waals surface area contributed by atoms with E-state index in [2.05, 4.69) is 9.97 Å². The SMILES string of the molecule is Cc1ccc(CCC(=O)c2nc[nH]c(=O)c2O)cc1. The fraction of sp³-hybridized carbons (Fsp3) is 0.214. The standard InChI is InChI=1S/C14H14N2O3/c1-9-2-4-10(5-3-9)6-7-11(17)12-13(18)14(19)16-8-15-12/h2-5,8,18H,6-7H2,1H3,(H,15,16,19). The fourth-order valence-corrected chi connectivity index (χ4v) is 1.73. The summed E-state index contributed by atoms with van der Waals surface area (Å²) >= 11 is 0. The molecule has 1 aromatic carbocycles. The van der Waals surface area contributed by atoms with Crippen LogP contribution in [0.4, 0.5) is 0 Å². The maximum Gasteiger partial charge on any atom is 0.293 e. The zero-order valence-electron chi connectivity index (χ0n) is 10.5. The molecule has 19 heavy (non-hydrogen) atoms. The van der Waals surface area contributed by atoms with Crippen LogP contribution in [0, 0.1) is 6.92 Å². The van der Waals surface area contributed by atoms with Crippen LogP contribution in [0.1, 0.15) is 28.0 Å². The van der Waals surface area contributed by atoms with E-state index in [1.54, 1.807) is 0 Å². The van der Waals surface area contributed by atoms with Crippen molar-refractivity contribution in [2.24, 2.45) is 0 Å². The van der Waals surface area contributed by atoms with Crippen LogP contribution >= 0.6 is 0 Å². The minimum Gasteiger partial charge on any atom is -0.501 e. The van der Waals surface area contributed by atoms with Gasteiger partial charge in [-0.1, -0.05) is 29.8 Å². The molecule has 2 N–H and O–H groups in total. The molecule has 0 saturated carbocycles. The van der Waals surface area contributed by atoms with Crippen LogP contribution in [0.15, 0.2) is 35.4 Å². The molecule has 98 valence electrons. The van der Waals surface area contributed by atoms with E-state index < -0.39 is 11.3 Å². The molecule has 1 heterocycles. The highest BCUT2D eigenvalue weighted by Gasteiger charge is 2.15. The fourth-order valence-electron chi connectivity index (χ4n) is 1.73. The molecule has 0 atom stereocenters. The van der Waals surface area contributed by atoms with Crippen molar-refractivity contribution in [3.8, 4) is 5.75 Å². The quantitative estimate of drug-likeness (QED) is 0.816. The Morgan fingerprint density at radius 1 is 1.32 bits per heavy atom. The van der Waals surface area contributed by atoms with E-state index in [0.29, 0.717) is 6.42 Å². The number of aromatic amines is 1. The topological polar surface area (TPSA) is 83.0 Å². The average molecular weight is 258 g/mol. The number of rotatable bonds is 4. The molecule has 0 unspecified atom stereocenters. The minimum atomic E-state index is -0.700. The third-order valence-electron chi connectivity index (χ3n) is 2.85. The largest absolute Gasteiger partial charge is 0.501 e. The van der Waals surface area contributed by atoms with Gasteiger partial charge in [-0.2, -0.15) is 0 Å². The number of aryl methyl sites for hydroxylation is 2. The Kier molecular flexibility index (Phi) is 3.75. The van der Waals surface area contributed by atoms with Crippen LogP contribution in [-0.2, 0) is 6.42 Å². The summed E-state index contributed by atoms with van der Waals surface area (Å²) in [5.74, 6) is -0.958. The molecular weight excluding hydrogens is 244 g/mol. The van der Waals surface area contributed by atoms with E-state index in [9.17, 15) is 14.7 Å². The van der Waals surface area contributed by atoms with E-state index in [0.717, 1.165) is 17.5 Å². The molecule has 1 aromatic heterocycles. The summed E-state index contributed by atoms with van der Waals surface area (Å²) in [7, 11) is 0. The molecule has 0 amide bonds. The van der Waals surface area contributed by atoms with Gasteiger partial charge in [-0.3, -0.25) is 9.59 Å². The highest BCUT2D eigenvalue weighted by atomic mass is 16.3. The second-order valence-corrected chi connectivity index (χ2v) is 4.34. The lowest BCUT2D eigenvalue weighted by Crippen LogP contribution is -2.13. The van der Waals surface area contributed by atoms with Crippen molar-refractivity contribution >= 4 is 5.78 Å². The third kappa shape index (κ3) is 3.07. The molecule has 0 aliphatic carbocycles. The number of Topliss-reactive ketones (excluding diaryl/α,β-unsaturated/α-hetero) is 1. The van der Waals surface area contributed by atoms with Gasteiger partial charge in [0, 0.05) is 6.42 Å². The summed E-state index contributed by atoms with van der Waals surface area (Å²) in [5, 5.41) is 9.47. The first kappa shape index (κ1) is 13.0. The lowest BCUT2D eigenvalue weighted by atomic mass is 10.0. The molecule has 0 radical (unpaired) electrons. The third-order valence-corrected chi connectivity index (χ3v) is 2.85. The van der Waals surface area contributed by atoms with Gasteiger partial charge in [-0.25, -0.2) is 4.98 Å². The van der Waals surface area contributed by atoms with Gasteiger partial charge in [0.1, 0.15) is 0 Å². The maximum atomic E-state index is 11.9. The first-order valence-corrected chi connectivity index (χ1v) is 5.93. The summed E-state index contributed by atoms with van der Waals surface area (Å²) in [6.45, 7) is 1.99. The van der Waals surface area contributed by atoms with E-state index >= 15 is 0 Å². The van der Waals surface area contributed by atoms with Crippen molar-refractivity contribution in [1.82, 2.24) is 9.97 Å². The van der Waals surface area contributed by atoms with Gasteiger partial charge in [-0.05, 0) is 18.9 Å². The Bertz CT molecular complexity index is 644. The molecule has 0 saturated heterocycles. The minimum absolute atomic E-state index is 0.170. The lowest BCUT2D eigenvalue weighted by molar-refractivity contribution is 0.0974. The second kappa shape index (κ2) is 5.48. The van der Waals surface area contributed by atoms with Gasteiger partial charge in [0.2, 0.25) is 5.75 Å². The Morgan fingerprint density at radius 3 is 2.68 bits per heavy atom. The number of carbonyl (C=O) groups excluding carboxylic acids is 1. The zero-order chi connectivity index (χ0) is 13.8. The zero-order valence-corrected chi connectivity index (χ0v) is 10.5. The molecule has 5 heteroatoms. The number of ketones is 1. The van der Waals surface area contributed by atoms with Gasteiger partial charge in [0.05, 0.1) is 6.33 Å². The number of nitrogens with zero attached hydrogens (tertiary/aromatic N) is 1. The van der Waals surface area contributed by atoms with Gasteiger partial charge in [0.25, 0.3) is 5.56 Å². The molecule has 2 rings (SSSR count). The van der Waals surface area contributed by atoms with E-state index in [-0.39, 0.29) is 17.9 Å². The number of benzene rings is 1. The molecule has 0 aliphatic rings. The lowest BCUT2D eigenvalue weighted by Gasteiger charge is -2.03. The monoisotopic (exact) mass is 258 g/mol. The van der Waals surface area contributed by atoms with Gasteiger partial charge >= 0.3 is 0 Å². The molecule has 0 bridgehead atoms. The summed E-state index contributed by atoms with van der Waals surface area (Å²) < 4.78 is 0. The first-order valence-electron chi connectivity index (χ1n) is 5.93. The van der Waals surface area contributed by atoms with Crippen LogP contribution < -0.4 is 5.56 Å². The van der Waals surface area contributed by atoms with Crippen LogP contribution in [-0.4, -0.2) is 20.9 Å². The first-order chi connectivity index (χ1) is 9.08. The van der Waals surface area contributed by atoms with Crippen molar-refractivity contribution in [2.75, 3.05) is 0 Å². The summed E-state index contributed by atoms with van der Waals surface area (Å²) in [6.07, 6.45) is 1.86. The number of H-pyrrole nitrogens is 1. The Labute approximate surface area is 110 Å². The molecule has 2 aromatic rings. The molecule has 5 nitrogen and oxygen atoms in total. The van der Waals surface area contributed by atoms with Crippen molar-refractivity contribution in [1.29, 1.82) is 0 Å². The number of aromatic nitrogens is 2. The molecule has 0 spiro atoms. The highest BCUT2D eigenvalue weighted by Crippen LogP contribution is 2.12. The van der Waals surface area contributed by atoms with E-state index in [4.69, 9.17) is 0 Å². The highest BCUT2D eigenvalue weighted by molar-refractivity contribution is 5.96. The van der Waals surface area contributed by atoms with E-state index in [1.807, 2.05) is 31.2 Å². The van der Waals surface area contributed by atoms with E-state index in [1.165, 1.54) is 0 Å². The number of hydrogen-bond acceptors (Lipinski definition) is 4. The Hall–Kier alpha value is -2.43. The van der Waals surface area contributed by atoms with Gasteiger partial charge in [0.15, 0.2) is 11.5 Å². The van der Waals surface area contributed by atoms with Crippen molar-refractivity contribution in [3.63, 3.8) is 0 Å².